The van der Waals surface area contributed by atoms with E-state index in [1.807, 2.05) is 29.6 Å². The Morgan fingerprint density at radius 3 is 2.78 bits per heavy atom. The number of thiazole rings is 1. The first kappa shape index (κ1) is 15.5. The number of nitrogens with one attached hydrogen (secondary N) is 1. The van der Waals surface area contributed by atoms with E-state index in [1.54, 1.807) is 23.7 Å². The number of benzene rings is 1. The molecule has 0 fully saturated rings. The average molecular weight is 326 g/mol. The van der Waals surface area contributed by atoms with Gasteiger partial charge in [-0.25, -0.2) is 4.98 Å². The van der Waals surface area contributed by atoms with E-state index in [1.165, 1.54) is 5.56 Å². The van der Waals surface area contributed by atoms with Crippen molar-refractivity contribution in [2.24, 2.45) is 0 Å². The van der Waals surface area contributed by atoms with Crippen molar-refractivity contribution in [1.29, 1.82) is 0 Å². The van der Waals surface area contributed by atoms with Crippen molar-refractivity contribution in [2.75, 3.05) is 0 Å². The highest BCUT2D eigenvalue weighted by molar-refractivity contribution is 7.09. The summed E-state index contributed by atoms with van der Waals surface area (Å²) in [5.74, 6) is 0.710. The zero-order chi connectivity index (χ0) is 15.9. The number of hydrogen-bond acceptors (Lipinski definition) is 4. The van der Waals surface area contributed by atoms with E-state index in [-0.39, 0.29) is 5.91 Å². The minimum atomic E-state index is -0.0405. The van der Waals surface area contributed by atoms with Gasteiger partial charge in [-0.15, -0.1) is 11.3 Å². The third-order valence-corrected chi connectivity index (χ3v) is 4.41. The van der Waals surface area contributed by atoms with E-state index in [9.17, 15) is 4.79 Å². The quantitative estimate of drug-likeness (QED) is 0.724. The first-order valence-corrected chi connectivity index (χ1v) is 8.44. The van der Waals surface area contributed by atoms with Crippen LogP contribution in [0.5, 0.6) is 0 Å². The van der Waals surface area contributed by atoms with E-state index in [2.05, 4.69) is 22.4 Å². The summed E-state index contributed by atoms with van der Waals surface area (Å²) in [5, 5.41) is 5.87. The fraction of sp³-hybridized carbons (Fsp3) is 0.222. The zero-order valence-corrected chi connectivity index (χ0v) is 13.5. The summed E-state index contributed by atoms with van der Waals surface area (Å²) in [6.45, 7) is 0.414. The summed E-state index contributed by atoms with van der Waals surface area (Å²) in [5.41, 5.74) is 2.13. The molecule has 0 atom stereocenters. The van der Waals surface area contributed by atoms with Crippen LogP contribution in [0.1, 0.15) is 22.0 Å². The Morgan fingerprint density at radius 1 is 1.13 bits per heavy atom. The smallest absolute Gasteiger partial charge is 0.226 e. The third kappa shape index (κ3) is 4.79. The highest BCUT2D eigenvalue weighted by Gasteiger charge is 2.08. The molecular weight excluding hydrogens is 308 g/mol. The Kier molecular flexibility index (Phi) is 5.21. The molecule has 3 aromatic rings. The van der Waals surface area contributed by atoms with Crippen molar-refractivity contribution in [3.63, 3.8) is 0 Å². The van der Waals surface area contributed by atoms with E-state index in [4.69, 9.17) is 4.42 Å². The van der Waals surface area contributed by atoms with Gasteiger partial charge in [0.15, 0.2) is 0 Å². The van der Waals surface area contributed by atoms with Crippen LogP contribution >= 0.6 is 11.3 Å². The van der Waals surface area contributed by atoms with Crippen molar-refractivity contribution < 1.29 is 9.21 Å². The van der Waals surface area contributed by atoms with Crippen LogP contribution in [0, 0.1) is 0 Å². The molecule has 5 heteroatoms. The molecule has 118 valence electrons. The second-order valence-electron chi connectivity index (χ2n) is 5.25. The first-order valence-electron chi connectivity index (χ1n) is 7.56. The van der Waals surface area contributed by atoms with E-state index >= 15 is 0 Å². The molecule has 4 nitrogen and oxygen atoms in total. The lowest BCUT2D eigenvalue weighted by molar-refractivity contribution is -0.120. The number of rotatable bonds is 7. The molecule has 0 aliphatic heterocycles. The summed E-state index contributed by atoms with van der Waals surface area (Å²) in [7, 11) is 0. The Hall–Kier alpha value is -2.40. The molecule has 23 heavy (non-hydrogen) atoms. The minimum Gasteiger partial charge on any atom is -0.467 e. The fourth-order valence-corrected chi connectivity index (χ4v) is 3.06. The van der Waals surface area contributed by atoms with Gasteiger partial charge in [0, 0.05) is 11.8 Å². The van der Waals surface area contributed by atoms with Gasteiger partial charge in [-0.2, -0.15) is 0 Å². The SMILES string of the molecule is O=C(Cc1csc(CCc2ccccc2)n1)NCc1ccco1. The lowest BCUT2D eigenvalue weighted by Gasteiger charge is -2.01. The van der Waals surface area contributed by atoms with Crippen molar-refractivity contribution in [3.8, 4) is 0 Å². The van der Waals surface area contributed by atoms with Gasteiger partial charge in [0.2, 0.25) is 5.91 Å². The number of aromatic nitrogens is 1. The van der Waals surface area contributed by atoms with Gasteiger partial charge in [0.05, 0.1) is 29.9 Å². The Bertz CT molecular complexity index is 735. The fourth-order valence-electron chi connectivity index (χ4n) is 2.27. The van der Waals surface area contributed by atoms with E-state index in [0.29, 0.717) is 13.0 Å². The first-order chi connectivity index (χ1) is 11.3. The van der Waals surface area contributed by atoms with Crippen LogP contribution in [0.4, 0.5) is 0 Å². The molecule has 0 saturated carbocycles. The molecule has 0 radical (unpaired) electrons. The highest BCUT2D eigenvalue weighted by atomic mass is 32.1. The highest BCUT2D eigenvalue weighted by Crippen LogP contribution is 2.13. The Balaban J connectivity index is 1.46. The van der Waals surface area contributed by atoms with Crippen LogP contribution in [-0.4, -0.2) is 10.9 Å². The summed E-state index contributed by atoms with van der Waals surface area (Å²) in [6, 6.07) is 14.0. The molecule has 0 bridgehead atoms. The van der Waals surface area contributed by atoms with Crippen LogP contribution in [-0.2, 0) is 30.6 Å². The summed E-state index contributed by atoms with van der Waals surface area (Å²) < 4.78 is 5.18. The molecule has 1 amide bonds. The molecule has 1 N–H and O–H groups in total. The van der Waals surface area contributed by atoms with E-state index < -0.39 is 0 Å². The number of carbonyl (C=O) groups is 1. The summed E-state index contributed by atoms with van der Waals surface area (Å²) in [4.78, 5) is 16.5. The molecule has 2 heterocycles. The van der Waals surface area contributed by atoms with Gasteiger partial charge < -0.3 is 9.73 Å². The molecule has 1 aromatic carbocycles. The van der Waals surface area contributed by atoms with Crippen LogP contribution in [0.25, 0.3) is 0 Å². The number of furan rings is 1. The average Bonchev–Trinajstić information content (AvgIpc) is 3.24. The summed E-state index contributed by atoms with van der Waals surface area (Å²) in [6.07, 6.45) is 3.78. The predicted octanol–water partition coefficient (Wildman–Crippen LogP) is 3.38. The molecule has 0 aliphatic rings. The Morgan fingerprint density at radius 2 is 2.00 bits per heavy atom. The zero-order valence-electron chi connectivity index (χ0n) is 12.7. The molecule has 0 unspecified atom stereocenters. The molecular formula is C18H18N2O2S. The Labute approximate surface area is 139 Å². The maximum Gasteiger partial charge on any atom is 0.226 e. The number of aryl methyl sites for hydroxylation is 2. The lowest BCUT2D eigenvalue weighted by Crippen LogP contribution is -2.24. The largest absolute Gasteiger partial charge is 0.467 e. The van der Waals surface area contributed by atoms with Gasteiger partial charge in [-0.1, -0.05) is 30.3 Å². The van der Waals surface area contributed by atoms with Crippen LogP contribution in [0.2, 0.25) is 0 Å². The van der Waals surface area contributed by atoms with Gasteiger partial charge in [0.1, 0.15) is 5.76 Å². The van der Waals surface area contributed by atoms with Crippen molar-refractivity contribution in [1.82, 2.24) is 10.3 Å². The van der Waals surface area contributed by atoms with Gasteiger partial charge in [0.25, 0.3) is 0 Å². The number of amides is 1. The second kappa shape index (κ2) is 7.74. The molecule has 0 spiro atoms. The third-order valence-electron chi connectivity index (χ3n) is 3.45. The van der Waals surface area contributed by atoms with Crippen molar-refractivity contribution >= 4 is 17.2 Å². The normalized spacial score (nSPS) is 10.6. The lowest BCUT2D eigenvalue weighted by atomic mass is 10.1. The van der Waals surface area contributed by atoms with Crippen molar-refractivity contribution in [3.05, 3.63) is 76.1 Å². The maximum absolute atomic E-state index is 11.9. The van der Waals surface area contributed by atoms with Crippen LogP contribution in [0.3, 0.4) is 0 Å². The van der Waals surface area contributed by atoms with E-state index in [0.717, 1.165) is 29.3 Å². The van der Waals surface area contributed by atoms with Gasteiger partial charge >= 0.3 is 0 Å². The molecule has 0 saturated heterocycles. The van der Waals surface area contributed by atoms with Crippen molar-refractivity contribution in [2.45, 2.75) is 25.8 Å². The molecule has 3 rings (SSSR count). The monoisotopic (exact) mass is 326 g/mol. The van der Waals surface area contributed by atoms with Gasteiger partial charge in [-0.05, 0) is 24.1 Å². The molecule has 0 aliphatic carbocycles. The minimum absolute atomic E-state index is 0.0405. The number of carbonyl (C=O) groups excluding carboxylic acids is 1. The maximum atomic E-state index is 11.9. The van der Waals surface area contributed by atoms with Gasteiger partial charge in [-0.3, -0.25) is 4.79 Å². The second-order valence-corrected chi connectivity index (χ2v) is 6.19. The van der Waals surface area contributed by atoms with Crippen LogP contribution < -0.4 is 5.32 Å². The number of hydrogen-bond donors (Lipinski definition) is 1. The molecule has 2 aromatic heterocycles. The standard InChI is InChI=1S/C18H18N2O2S/c21-17(19-12-16-7-4-10-22-16)11-15-13-23-18(20-15)9-8-14-5-2-1-3-6-14/h1-7,10,13H,8-9,11-12H2,(H,19,21). The topological polar surface area (TPSA) is 55.1 Å². The number of nitrogens with zero attached hydrogens (tertiary/aromatic N) is 1. The summed E-state index contributed by atoms with van der Waals surface area (Å²) >= 11 is 1.62. The van der Waals surface area contributed by atoms with Crippen LogP contribution in [0.15, 0.2) is 58.5 Å². The predicted molar refractivity (Wildman–Crippen MR) is 90.2 cm³/mol.